The van der Waals surface area contributed by atoms with Crippen molar-refractivity contribution in [3.8, 4) is 0 Å². The molecule has 2 heterocycles. The maximum atomic E-state index is 13.4. The number of hydrogen-bond acceptors (Lipinski definition) is 7. The van der Waals surface area contributed by atoms with Crippen LogP contribution in [-0.4, -0.2) is 47.4 Å². The molecule has 2 aromatic rings. The summed E-state index contributed by atoms with van der Waals surface area (Å²) in [4.78, 5) is 39.1. The maximum absolute atomic E-state index is 13.4. The van der Waals surface area contributed by atoms with E-state index in [0.717, 1.165) is 29.9 Å². The summed E-state index contributed by atoms with van der Waals surface area (Å²) in [6.07, 6.45) is 1.85. The minimum Gasteiger partial charge on any atom is -0.395 e. The third-order valence-corrected chi connectivity index (χ3v) is 5.83. The third kappa shape index (κ3) is 4.60. The number of benzene rings is 1. The Kier molecular flexibility index (Phi) is 6.68. The van der Waals surface area contributed by atoms with Crippen LogP contribution in [0.15, 0.2) is 24.3 Å². The molecular formula is C20H25N5O4S. The number of rotatable bonds is 7. The van der Waals surface area contributed by atoms with Crippen molar-refractivity contribution >= 4 is 40.6 Å². The maximum Gasteiger partial charge on any atom is 0.272 e. The first kappa shape index (κ1) is 21.7. The van der Waals surface area contributed by atoms with Crippen LogP contribution < -0.4 is 21.7 Å². The van der Waals surface area contributed by atoms with E-state index in [9.17, 15) is 14.4 Å². The van der Waals surface area contributed by atoms with E-state index in [1.807, 2.05) is 19.1 Å². The quantitative estimate of drug-likeness (QED) is 0.606. The van der Waals surface area contributed by atoms with Gasteiger partial charge in [-0.3, -0.25) is 19.3 Å². The molecule has 2 atom stereocenters. The topological polar surface area (TPSA) is 141 Å². The minimum absolute atomic E-state index is 0.0139. The molecule has 0 radical (unpaired) electrons. The number of nitrogen functional groups attached to an aromatic ring is 1. The number of nitrogens with one attached hydrogen (secondary N) is 1. The second-order valence-electron chi connectivity index (χ2n) is 7.21. The lowest BCUT2D eigenvalue weighted by molar-refractivity contribution is -0.122. The van der Waals surface area contributed by atoms with E-state index in [2.05, 4.69) is 9.69 Å². The Balaban J connectivity index is 1.88. The summed E-state index contributed by atoms with van der Waals surface area (Å²) >= 11 is 0.783. The van der Waals surface area contributed by atoms with Gasteiger partial charge in [0.2, 0.25) is 5.91 Å². The number of anilines is 2. The van der Waals surface area contributed by atoms with E-state index in [-0.39, 0.29) is 28.3 Å². The van der Waals surface area contributed by atoms with Gasteiger partial charge >= 0.3 is 0 Å². The average Bonchev–Trinajstić information content (AvgIpc) is 3.37. The molecule has 5 N–H and O–H groups in total. The highest BCUT2D eigenvalue weighted by molar-refractivity contribution is 7.09. The zero-order chi connectivity index (χ0) is 21.8. The number of amides is 3. The SMILES string of the molecule is Cc1ccc(N(C(=O)c2snc(C(N)=O)c2N)[C@H](C)C(=O)NC[C@@H]2CCCO2)cc1. The van der Waals surface area contributed by atoms with Gasteiger partial charge in [-0.05, 0) is 50.4 Å². The molecule has 10 heteroatoms. The molecule has 0 spiro atoms. The van der Waals surface area contributed by atoms with Gasteiger partial charge in [-0.1, -0.05) is 17.7 Å². The Hall–Kier alpha value is -2.98. The third-order valence-electron chi connectivity index (χ3n) is 4.98. The Bertz CT molecular complexity index is 937. The average molecular weight is 432 g/mol. The summed E-state index contributed by atoms with van der Waals surface area (Å²) in [6.45, 7) is 4.63. The van der Waals surface area contributed by atoms with Crippen LogP contribution in [0.3, 0.4) is 0 Å². The van der Waals surface area contributed by atoms with Crippen LogP contribution in [0.4, 0.5) is 11.4 Å². The molecule has 160 valence electrons. The zero-order valence-corrected chi connectivity index (χ0v) is 17.7. The molecule has 0 bridgehead atoms. The van der Waals surface area contributed by atoms with Crippen molar-refractivity contribution in [2.75, 3.05) is 23.8 Å². The number of carbonyl (C=O) groups is 3. The Morgan fingerprint density at radius 3 is 2.60 bits per heavy atom. The molecule has 0 unspecified atom stereocenters. The van der Waals surface area contributed by atoms with Crippen LogP contribution in [0.1, 0.15) is 45.5 Å². The Morgan fingerprint density at radius 1 is 1.33 bits per heavy atom. The molecule has 1 aliphatic rings. The van der Waals surface area contributed by atoms with Crippen molar-refractivity contribution in [2.24, 2.45) is 5.73 Å². The molecule has 1 fully saturated rings. The first-order valence-corrected chi connectivity index (χ1v) is 10.4. The van der Waals surface area contributed by atoms with E-state index in [1.165, 1.54) is 4.90 Å². The highest BCUT2D eigenvalue weighted by Gasteiger charge is 2.32. The van der Waals surface area contributed by atoms with Crippen molar-refractivity contribution in [1.82, 2.24) is 9.69 Å². The fourth-order valence-corrected chi connectivity index (χ4v) is 3.99. The second-order valence-corrected chi connectivity index (χ2v) is 7.98. The lowest BCUT2D eigenvalue weighted by Crippen LogP contribution is -2.49. The number of ether oxygens (including phenoxy) is 1. The molecule has 3 rings (SSSR count). The number of hydrogen-bond donors (Lipinski definition) is 3. The van der Waals surface area contributed by atoms with Gasteiger partial charge in [-0.15, -0.1) is 0 Å². The summed E-state index contributed by atoms with van der Waals surface area (Å²) < 4.78 is 9.43. The van der Waals surface area contributed by atoms with Crippen molar-refractivity contribution in [2.45, 2.75) is 38.8 Å². The van der Waals surface area contributed by atoms with E-state index in [0.29, 0.717) is 18.8 Å². The fourth-order valence-electron chi connectivity index (χ4n) is 3.25. The number of nitrogens with two attached hydrogens (primary N) is 2. The predicted molar refractivity (Wildman–Crippen MR) is 114 cm³/mol. The van der Waals surface area contributed by atoms with Gasteiger partial charge in [-0.2, -0.15) is 4.37 Å². The first-order valence-electron chi connectivity index (χ1n) is 9.64. The molecule has 1 aromatic heterocycles. The van der Waals surface area contributed by atoms with E-state index in [4.69, 9.17) is 16.2 Å². The molecule has 3 amide bonds. The highest BCUT2D eigenvalue weighted by Crippen LogP contribution is 2.27. The molecule has 0 saturated carbocycles. The second kappa shape index (κ2) is 9.23. The Morgan fingerprint density at radius 2 is 2.03 bits per heavy atom. The lowest BCUT2D eigenvalue weighted by Gasteiger charge is -2.28. The molecule has 1 saturated heterocycles. The molecule has 30 heavy (non-hydrogen) atoms. The zero-order valence-electron chi connectivity index (χ0n) is 16.9. The number of primary amides is 1. The van der Waals surface area contributed by atoms with Crippen molar-refractivity contribution in [1.29, 1.82) is 0 Å². The number of aromatic nitrogens is 1. The molecule has 0 aliphatic carbocycles. The standard InChI is InChI=1S/C20H25N5O4S/c1-11-5-7-13(8-6-11)25(12(2)19(27)23-10-14-4-3-9-29-14)20(28)17-15(21)16(18(22)26)24-30-17/h5-8,12,14H,3-4,9-10,21H2,1-2H3,(H2,22,26)(H,23,27)/t12-,14+/m1/s1. The van der Waals surface area contributed by atoms with E-state index < -0.39 is 17.9 Å². The smallest absolute Gasteiger partial charge is 0.272 e. The number of nitrogens with zero attached hydrogens (tertiary/aromatic N) is 2. The lowest BCUT2D eigenvalue weighted by atomic mass is 10.1. The number of aryl methyl sites for hydroxylation is 1. The van der Waals surface area contributed by atoms with Crippen LogP contribution in [0.2, 0.25) is 0 Å². The van der Waals surface area contributed by atoms with Gasteiger partial charge in [0.1, 0.15) is 10.9 Å². The van der Waals surface area contributed by atoms with E-state index in [1.54, 1.807) is 19.1 Å². The van der Waals surface area contributed by atoms with Gasteiger partial charge < -0.3 is 21.5 Å². The van der Waals surface area contributed by atoms with Gasteiger partial charge in [0.25, 0.3) is 11.8 Å². The summed E-state index contributed by atoms with van der Waals surface area (Å²) in [6, 6.07) is 6.36. The predicted octanol–water partition coefficient (Wildman–Crippen LogP) is 1.46. The minimum atomic E-state index is -0.833. The normalized spacial score (nSPS) is 16.8. The van der Waals surface area contributed by atoms with Crippen LogP contribution >= 0.6 is 11.5 Å². The van der Waals surface area contributed by atoms with Crippen molar-refractivity contribution in [3.05, 3.63) is 40.4 Å². The van der Waals surface area contributed by atoms with Crippen LogP contribution in [0.5, 0.6) is 0 Å². The van der Waals surface area contributed by atoms with Gasteiger partial charge in [-0.25, -0.2) is 0 Å². The molecule has 1 aliphatic heterocycles. The van der Waals surface area contributed by atoms with Crippen LogP contribution in [0, 0.1) is 6.92 Å². The summed E-state index contributed by atoms with van der Waals surface area (Å²) in [5, 5.41) is 2.85. The van der Waals surface area contributed by atoms with Crippen LogP contribution in [-0.2, 0) is 9.53 Å². The molecule has 1 aromatic carbocycles. The van der Waals surface area contributed by atoms with Gasteiger partial charge in [0.15, 0.2) is 5.69 Å². The largest absolute Gasteiger partial charge is 0.395 e. The summed E-state index contributed by atoms with van der Waals surface area (Å²) in [5.74, 6) is -1.66. The van der Waals surface area contributed by atoms with Gasteiger partial charge in [0, 0.05) is 18.8 Å². The van der Waals surface area contributed by atoms with Crippen LogP contribution in [0.25, 0.3) is 0 Å². The molecule has 9 nitrogen and oxygen atoms in total. The monoisotopic (exact) mass is 431 g/mol. The molecular weight excluding hydrogens is 406 g/mol. The first-order chi connectivity index (χ1) is 14.3. The highest BCUT2D eigenvalue weighted by atomic mass is 32.1. The summed E-state index contributed by atoms with van der Waals surface area (Å²) in [5.41, 5.74) is 12.5. The number of carbonyl (C=O) groups excluding carboxylic acids is 3. The van der Waals surface area contributed by atoms with Crippen molar-refractivity contribution < 1.29 is 19.1 Å². The Labute approximate surface area is 178 Å². The fraction of sp³-hybridized carbons (Fsp3) is 0.400. The van der Waals surface area contributed by atoms with Crippen molar-refractivity contribution in [3.63, 3.8) is 0 Å². The van der Waals surface area contributed by atoms with E-state index >= 15 is 0 Å². The summed E-state index contributed by atoms with van der Waals surface area (Å²) in [7, 11) is 0. The van der Waals surface area contributed by atoms with Gasteiger partial charge in [0.05, 0.1) is 11.8 Å².